The maximum atomic E-state index is 5.23. The molecule has 1 aromatic carbocycles. The lowest BCUT2D eigenvalue weighted by molar-refractivity contribution is 0.355. The zero-order chi connectivity index (χ0) is 15.8. The Labute approximate surface area is 134 Å². The first-order valence-corrected chi connectivity index (χ1v) is 6.86. The first-order chi connectivity index (χ1) is 10.7. The smallest absolute Gasteiger partial charge is 0.191 e. The van der Waals surface area contributed by atoms with Gasteiger partial charge in [-0.1, -0.05) is 6.07 Å². The number of hydrogen-bond donors (Lipinski definition) is 2. The zero-order valence-corrected chi connectivity index (χ0v) is 13.1. The van der Waals surface area contributed by atoms with Gasteiger partial charge < -0.3 is 14.8 Å². The molecule has 7 heteroatoms. The third kappa shape index (κ3) is 4.42. The second-order valence-electron chi connectivity index (χ2n) is 4.18. The molecule has 0 saturated heterocycles. The number of thiocarbonyl (C=S) groups is 1. The van der Waals surface area contributed by atoms with Crippen molar-refractivity contribution in [1.82, 2.24) is 10.4 Å². The van der Waals surface area contributed by atoms with Crippen LogP contribution >= 0.6 is 12.2 Å². The summed E-state index contributed by atoms with van der Waals surface area (Å²) in [5, 5.41) is 7.42. The number of rotatable bonds is 5. The van der Waals surface area contributed by atoms with Crippen LogP contribution < -0.4 is 20.2 Å². The fraction of sp³-hybridized carbons (Fsp3) is 0.133. The minimum atomic E-state index is 0.368. The third-order valence-electron chi connectivity index (χ3n) is 2.71. The van der Waals surface area contributed by atoms with Crippen molar-refractivity contribution in [2.24, 2.45) is 5.10 Å². The van der Waals surface area contributed by atoms with Crippen molar-refractivity contribution in [2.45, 2.75) is 0 Å². The van der Waals surface area contributed by atoms with Gasteiger partial charge in [-0.05, 0) is 30.4 Å². The summed E-state index contributed by atoms with van der Waals surface area (Å²) < 4.78 is 10.4. The molecule has 2 N–H and O–H groups in total. The summed E-state index contributed by atoms with van der Waals surface area (Å²) in [4.78, 5) is 3.99. The monoisotopic (exact) mass is 316 g/mol. The fourth-order valence-corrected chi connectivity index (χ4v) is 1.86. The van der Waals surface area contributed by atoms with E-state index in [0.717, 1.165) is 11.3 Å². The molecule has 0 unspecified atom stereocenters. The Morgan fingerprint density at radius 3 is 2.73 bits per heavy atom. The number of methoxy groups -OCH3 is 2. The summed E-state index contributed by atoms with van der Waals surface area (Å²) in [6, 6.07) is 9.14. The summed E-state index contributed by atoms with van der Waals surface area (Å²) >= 11 is 5.17. The van der Waals surface area contributed by atoms with E-state index in [1.807, 2.05) is 18.2 Å². The highest BCUT2D eigenvalue weighted by atomic mass is 32.1. The van der Waals surface area contributed by atoms with Crippen LogP contribution in [0.4, 0.5) is 5.69 Å². The first kappa shape index (κ1) is 15.7. The Morgan fingerprint density at radius 1 is 1.23 bits per heavy atom. The Bertz CT molecular complexity index is 662. The van der Waals surface area contributed by atoms with Gasteiger partial charge in [0.15, 0.2) is 16.6 Å². The van der Waals surface area contributed by atoms with Crippen LogP contribution in [-0.2, 0) is 0 Å². The zero-order valence-electron chi connectivity index (χ0n) is 12.2. The van der Waals surface area contributed by atoms with Crippen molar-refractivity contribution >= 4 is 29.2 Å². The molecule has 0 bridgehead atoms. The van der Waals surface area contributed by atoms with E-state index in [0.29, 0.717) is 16.6 Å². The van der Waals surface area contributed by atoms with Crippen molar-refractivity contribution in [3.63, 3.8) is 0 Å². The SMILES string of the molecule is COc1ccc(NC(=S)N/N=C\c2cccnc2)cc1OC. The number of nitrogens with one attached hydrogen (secondary N) is 2. The topological polar surface area (TPSA) is 67.8 Å². The van der Waals surface area contributed by atoms with Gasteiger partial charge in [0, 0.05) is 29.7 Å². The number of benzene rings is 1. The number of pyridine rings is 1. The van der Waals surface area contributed by atoms with E-state index in [1.54, 1.807) is 45.0 Å². The number of nitrogens with zero attached hydrogens (tertiary/aromatic N) is 2. The fourth-order valence-electron chi connectivity index (χ4n) is 1.69. The highest BCUT2D eigenvalue weighted by molar-refractivity contribution is 7.80. The average Bonchev–Trinajstić information content (AvgIpc) is 2.55. The van der Waals surface area contributed by atoms with Gasteiger partial charge in [0.05, 0.1) is 20.4 Å². The van der Waals surface area contributed by atoms with E-state index in [1.165, 1.54) is 0 Å². The van der Waals surface area contributed by atoms with Gasteiger partial charge in [0.2, 0.25) is 0 Å². The summed E-state index contributed by atoms with van der Waals surface area (Å²) in [5.41, 5.74) is 4.38. The quantitative estimate of drug-likeness (QED) is 0.502. The van der Waals surface area contributed by atoms with Crippen LogP contribution in [0, 0.1) is 0 Å². The van der Waals surface area contributed by atoms with Gasteiger partial charge >= 0.3 is 0 Å². The molecular weight excluding hydrogens is 300 g/mol. The van der Waals surface area contributed by atoms with E-state index >= 15 is 0 Å². The molecule has 0 saturated carbocycles. The van der Waals surface area contributed by atoms with E-state index in [9.17, 15) is 0 Å². The Hall–Kier alpha value is -2.67. The molecule has 0 atom stereocenters. The predicted octanol–water partition coefficient (Wildman–Crippen LogP) is 2.42. The second-order valence-corrected chi connectivity index (χ2v) is 4.59. The highest BCUT2D eigenvalue weighted by Gasteiger charge is 2.05. The maximum absolute atomic E-state index is 5.23. The summed E-state index contributed by atoms with van der Waals surface area (Å²) in [6.45, 7) is 0. The lowest BCUT2D eigenvalue weighted by Gasteiger charge is -2.11. The minimum absolute atomic E-state index is 0.368. The van der Waals surface area contributed by atoms with Gasteiger partial charge in [0.25, 0.3) is 0 Å². The summed E-state index contributed by atoms with van der Waals surface area (Å²) in [7, 11) is 3.17. The molecular formula is C15H16N4O2S. The molecule has 0 amide bonds. The number of hydrogen-bond acceptors (Lipinski definition) is 5. The molecule has 0 spiro atoms. The molecule has 2 aromatic rings. The van der Waals surface area contributed by atoms with Crippen molar-refractivity contribution in [1.29, 1.82) is 0 Å². The maximum Gasteiger partial charge on any atom is 0.191 e. The van der Waals surface area contributed by atoms with Crippen LogP contribution in [0.2, 0.25) is 0 Å². The van der Waals surface area contributed by atoms with Gasteiger partial charge in [-0.3, -0.25) is 10.4 Å². The van der Waals surface area contributed by atoms with E-state index in [2.05, 4.69) is 20.8 Å². The van der Waals surface area contributed by atoms with Crippen LogP contribution in [0.15, 0.2) is 47.8 Å². The molecule has 1 heterocycles. The number of anilines is 1. The number of ether oxygens (including phenoxy) is 2. The number of hydrazone groups is 1. The molecule has 114 valence electrons. The van der Waals surface area contributed by atoms with Crippen LogP contribution in [0.5, 0.6) is 11.5 Å². The van der Waals surface area contributed by atoms with Gasteiger partial charge in [-0.15, -0.1) is 0 Å². The first-order valence-electron chi connectivity index (χ1n) is 6.45. The van der Waals surface area contributed by atoms with Crippen LogP contribution in [0.25, 0.3) is 0 Å². The lowest BCUT2D eigenvalue weighted by Crippen LogP contribution is -2.23. The molecule has 1 aromatic heterocycles. The lowest BCUT2D eigenvalue weighted by atomic mass is 10.3. The molecule has 0 radical (unpaired) electrons. The largest absolute Gasteiger partial charge is 0.493 e. The molecule has 0 fully saturated rings. The Morgan fingerprint density at radius 2 is 2.05 bits per heavy atom. The molecule has 0 aliphatic heterocycles. The van der Waals surface area contributed by atoms with Gasteiger partial charge in [0.1, 0.15) is 0 Å². The predicted molar refractivity (Wildman–Crippen MR) is 90.7 cm³/mol. The molecule has 2 rings (SSSR count). The van der Waals surface area contributed by atoms with Crippen LogP contribution in [0.1, 0.15) is 5.56 Å². The van der Waals surface area contributed by atoms with Crippen molar-refractivity contribution in [2.75, 3.05) is 19.5 Å². The highest BCUT2D eigenvalue weighted by Crippen LogP contribution is 2.29. The average molecular weight is 316 g/mol. The third-order valence-corrected chi connectivity index (χ3v) is 2.90. The molecule has 6 nitrogen and oxygen atoms in total. The van der Waals surface area contributed by atoms with E-state index in [-0.39, 0.29) is 0 Å². The Balaban J connectivity index is 1.93. The van der Waals surface area contributed by atoms with Gasteiger partial charge in [-0.2, -0.15) is 5.10 Å². The molecule has 0 aliphatic rings. The van der Waals surface area contributed by atoms with E-state index in [4.69, 9.17) is 21.7 Å². The minimum Gasteiger partial charge on any atom is -0.493 e. The molecule has 22 heavy (non-hydrogen) atoms. The molecule has 0 aliphatic carbocycles. The van der Waals surface area contributed by atoms with Crippen LogP contribution in [0.3, 0.4) is 0 Å². The van der Waals surface area contributed by atoms with Crippen LogP contribution in [-0.4, -0.2) is 30.5 Å². The standard InChI is InChI=1S/C15H16N4O2S/c1-20-13-6-5-12(8-14(13)21-2)18-15(22)19-17-10-11-4-3-7-16-9-11/h3-10H,1-2H3,(H2,18,19,22)/b17-10-. The second kappa shape index (κ2) is 7.94. The van der Waals surface area contributed by atoms with Gasteiger partial charge in [-0.25, -0.2) is 0 Å². The van der Waals surface area contributed by atoms with Crippen molar-refractivity contribution in [3.8, 4) is 11.5 Å². The number of aromatic nitrogens is 1. The van der Waals surface area contributed by atoms with Crippen molar-refractivity contribution in [3.05, 3.63) is 48.3 Å². The summed E-state index contributed by atoms with van der Waals surface area (Å²) in [6.07, 6.45) is 5.04. The Kier molecular flexibility index (Phi) is 5.67. The van der Waals surface area contributed by atoms with E-state index < -0.39 is 0 Å². The van der Waals surface area contributed by atoms with Crippen molar-refractivity contribution < 1.29 is 9.47 Å². The normalized spacial score (nSPS) is 10.3. The summed E-state index contributed by atoms with van der Waals surface area (Å²) in [5.74, 6) is 1.27.